The predicted molar refractivity (Wildman–Crippen MR) is 85.7 cm³/mol. The zero-order chi connectivity index (χ0) is 14.8. The average Bonchev–Trinajstić information content (AvgIpc) is 2.49. The molecule has 0 bridgehead atoms. The fraction of sp³-hybridized carbons (Fsp3) is 0.389. The Morgan fingerprint density at radius 2 is 2.14 bits per heavy atom. The van der Waals surface area contributed by atoms with Gasteiger partial charge in [0, 0.05) is 17.8 Å². The topological polar surface area (TPSA) is 34.0 Å². The second kappa shape index (κ2) is 5.86. The molecule has 1 aromatic carbocycles. The van der Waals surface area contributed by atoms with Gasteiger partial charge < -0.3 is 9.88 Å². The summed E-state index contributed by atoms with van der Waals surface area (Å²) >= 11 is 0. The summed E-state index contributed by atoms with van der Waals surface area (Å²) in [5.41, 5.74) is 5.02. The van der Waals surface area contributed by atoms with Gasteiger partial charge in [-0.2, -0.15) is 0 Å². The first-order valence-corrected chi connectivity index (χ1v) is 7.64. The minimum Gasteiger partial charge on any atom is -0.313 e. The molecule has 0 aliphatic heterocycles. The third-order valence-corrected chi connectivity index (χ3v) is 4.38. The molecule has 110 valence electrons. The maximum atomic E-state index is 12.3. The first-order chi connectivity index (χ1) is 10.2. The molecule has 1 aliphatic rings. The van der Waals surface area contributed by atoms with Crippen LogP contribution in [0.5, 0.6) is 0 Å². The van der Waals surface area contributed by atoms with Crippen molar-refractivity contribution in [2.45, 2.75) is 38.8 Å². The molecule has 1 aromatic heterocycles. The number of aryl methyl sites for hydroxylation is 1. The number of hydrogen-bond donors (Lipinski definition) is 1. The Kier molecular flexibility index (Phi) is 3.93. The van der Waals surface area contributed by atoms with Crippen molar-refractivity contribution >= 4 is 0 Å². The van der Waals surface area contributed by atoms with E-state index in [0.717, 1.165) is 19.3 Å². The number of aromatic nitrogens is 1. The van der Waals surface area contributed by atoms with Gasteiger partial charge in [0.1, 0.15) is 0 Å². The second-order valence-electron chi connectivity index (χ2n) is 5.88. The zero-order valence-electron chi connectivity index (χ0n) is 12.7. The largest absolute Gasteiger partial charge is 0.313 e. The van der Waals surface area contributed by atoms with E-state index < -0.39 is 0 Å². The summed E-state index contributed by atoms with van der Waals surface area (Å²) < 4.78 is 1.95. The minimum atomic E-state index is 0.104. The highest BCUT2D eigenvalue weighted by atomic mass is 16.1. The molecule has 1 atom stereocenters. The number of benzene rings is 1. The van der Waals surface area contributed by atoms with Crippen molar-refractivity contribution < 1.29 is 0 Å². The molecule has 1 heterocycles. The SMILES string of the molecule is CNC1CCCc2c1ccc(=O)n2Cc1cccc(C)c1. The van der Waals surface area contributed by atoms with Crippen LogP contribution in [0.15, 0.2) is 41.2 Å². The third-order valence-electron chi connectivity index (χ3n) is 4.38. The first kappa shape index (κ1) is 14.1. The highest BCUT2D eigenvalue weighted by Crippen LogP contribution is 2.28. The van der Waals surface area contributed by atoms with Crippen LogP contribution in [0.25, 0.3) is 0 Å². The summed E-state index contributed by atoms with van der Waals surface area (Å²) in [7, 11) is 2.00. The maximum absolute atomic E-state index is 12.3. The molecule has 1 N–H and O–H groups in total. The van der Waals surface area contributed by atoms with E-state index in [1.807, 2.05) is 17.7 Å². The van der Waals surface area contributed by atoms with Crippen molar-refractivity contribution in [3.8, 4) is 0 Å². The van der Waals surface area contributed by atoms with Crippen LogP contribution < -0.4 is 10.9 Å². The van der Waals surface area contributed by atoms with E-state index in [0.29, 0.717) is 12.6 Å². The molecule has 1 unspecified atom stereocenters. The van der Waals surface area contributed by atoms with E-state index in [-0.39, 0.29) is 5.56 Å². The Labute approximate surface area is 125 Å². The van der Waals surface area contributed by atoms with Gasteiger partial charge in [0.05, 0.1) is 6.54 Å². The van der Waals surface area contributed by atoms with Crippen molar-refractivity contribution in [2.75, 3.05) is 7.05 Å². The molecule has 0 saturated heterocycles. The summed E-state index contributed by atoms with van der Waals surface area (Å²) in [6, 6.07) is 12.5. The number of nitrogens with one attached hydrogen (secondary N) is 1. The van der Waals surface area contributed by atoms with Gasteiger partial charge in [-0.3, -0.25) is 4.79 Å². The number of nitrogens with zero attached hydrogens (tertiary/aromatic N) is 1. The van der Waals surface area contributed by atoms with E-state index in [2.05, 4.69) is 36.5 Å². The molecule has 3 nitrogen and oxygen atoms in total. The predicted octanol–water partition coefficient (Wildman–Crippen LogP) is 2.80. The molecule has 0 saturated carbocycles. The van der Waals surface area contributed by atoms with Crippen LogP contribution in [0.1, 0.15) is 41.3 Å². The smallest absolute Gasteiger partial charge is 0.251 e. The fourth-order valence-electron chi connectivity index (χ4n) is 3.33. The second-order valence-corrected chi connectivity index (χ2v) is 5.88. The first-order valence-electron chi connectivity index (χ1n) is 7.64. The molecule has 0 amide bonds. The molecule has 0 fully saturated rings. The number of pyridine rings is 1. The van der Waals surface area contributed by atoms with Gasteiger partial charge in [0.2, 0.25) is 0 Å². The average molecular weight is 282 g/mol. The van der Waals surface area contributed by atoms with E-state index in [1.54, 1.807) is 6.07 Å². The Morgan fingerprint density at radius 1 is 1.29 bits per heavy atom. The van der Waals surface area contributed by atoms with Crippen LogP contribution >= 0.6 is 0 Å². The van der Waals surface area contributed by atoms with Crippen LogP contribution in [0.4, 0.5) is 0 Å². The lowest BCUT2D eigenvalue weighted by molar-refractivity contribution is 0.473. The van der Waals surface area contributed by atoms with Gasteiger partial charge in [-0.25, -0.2) is 0 Å². The fourth-order valence-corrected chi connectivity index (χ4v) is 3.33. The third kappa shape index (κ3) is 2.79. The normalized spacial score (nSPS) is 17.5. The summed E-state index contributed by atoms with van der Waals surface area (Å²) in [6.45, 7) is 2.75. The maximum Gasteiger partial charge on any atom is 0.251 e. The van der Waals surface area contributed by atoms with E-state index in [9.17, 15) is 4.79 Å². The Hall–Kier alpha value is -1.87. The van der Waals surface area contributed by atoms with Crippen LogP contribution in [0.2, 0.25) is 0 Å². The van der Waals surface area contributed by atoms with Crippen LogP contribution in [0, 0.1) is 6.92 Å². The van der Waals surface area contributed by atoms with Crippen molar-refractivity contribution in [1.29, 1.82) is 0 Å². The Balaban J connectivity index is 2.04. The molecular weight excluding hydrogens is 260 g/mol. The summed E-state index contributed by atoms with van der Waals surface area (Å²) in [5.74, 6) is 0. The number of fused-ring (bicyclic) bond motifs is 1. The Bertz CT molecular complexity index is 703. The van der Waals surface area contributed by atoms with Gasteiger partial charge >= 0.3 is 0 Å². The molecule has 21 heavy (non-hydrogen) atoms. The van der Waals surface area contributed by atoms with Crippen LogP contribution in [-0.2, 0) is 13.0 Å². The van der Waals surface area contributed by atoms with Gasteiger partial charge in [0.15, 0.2) is 0 Å². The molecule has 2 aromatic rings. The minimum absolute atomic E-state index is 0.104. The molecule has 3 rings (SSSR count). The van der Waals surface area contributed by atoms with Gasteiger partial charge in [-0.15, -0.1) is 0 Å². The zero-order valence-corrected chi connectivity index (χ0v) is 12.7. The lowest BCUT2D eigenvalue weighted by Gasteiger charge is -2.27. The van der Waals surface area contributed by atoms with E-state index in [1.165, 1.54) is 22.4 Å². The van der Waals surface area contributed by atoms with Crippen LogP contribution in [0.3, 0.4) is 0 Å². The number of rotatable bonds is 3. The van der Waals surface area contributed by atoms with E-state index in [4.69, 9.17) is 0 Å². The highest BCUT2D eigenvalue weighted by Gasteiger charge is 2.21. The van der Waals surface area contributed by atoms with Crippen molar-refractivity contribution in [3.63, 3.8) is 0 Å². The quantitative estimate of drug-likeness (QED) is 0.939. The van der Waals surface area contributed by atoms with Crippen molar-refractivity contribution in [2.24, 2.45) is 0 Å². The molecule has 3 heteroatoms. The van der Waals surface area contributed by atoms with Crippen LogP contribution in [-0.4, -0.2) is 11.6 Å². The highest BCUT2D eigenvalue weighted by molar-refractivity contribution is 5.29. The summed E-state index contributed by atoms with van der Waals surface area (Å²) in [6.07, 6.45) is 3.28. The van der Waals surface area contributed by atoms with Crippen molar-refractivity contribution in [3.05, 3.63) is 69.1 Å². The van der Waals surface area contributed by atoms with Crippen molar-refractivity contribution in [1.82, 2.24) is 9.88 Å². The lowest BCUT2D eigenvalue weighted by Crippen LogP contribution is -2.30. The van der Waals surface area contributed by atoms with Gasteiger partial charge in [-0.05, 0) is 44.4 Å². The molecular formula is C18H22N2O. The summed E-state index contributed by atoms with van der Waals surface area (Å²) in [5, 5.41) is 3.36. The molecule has 0 spiro atoms. The van der Waals surface area contributed by atoms with Gasteiger partial charge in [0.25, 0.3) is 5.56 Å². The number of hydrogen-bond acceptors (Lipinski definition) is 2. The Morgan fingerprint density at radius 3 is 2.90 bits per heavy atom. The standard InChI is InChI=1S/C18H22N2O/c1-13-5-3-6-14(11-13)12-20-17-8-4-7-16(19-2)15(17)9-10-18(20)21/h3,5-6,9-11,16,19H,4,7-8,12H2,1-2H3. The van der Waals surface area contributed by atoms with Gasteiger partial charge in [-0.1, -0.05) is 35.9 Å². The summed E-state index contributed by atoms with van der Waals surface area (Å²) in [4.78, 5) is 12.3. The van der Waals surface area contributed by atoms with E-state index >= 15 is 0 Å². The monoisotopic (exact) mass is 282 g/mol. The lowest BCUT2D eigenvalue weighted by atomic mass is 9.91. The molecule has 1 aliphatic carbocycles. The molecule has 0 radical (unpaired) electrons.